The van der Waals surface area contributed by atoms with Gasteiger partial charge in [0, 0.05) is 23.8 Å². The third-order valence-electron chi connectivity index (χ3n) is 4.01. The number of carbonyl (C=O) groups is 1. The van der Waals surface area contributed by atoms with Gasteiger partial charge in [-0.25, -0.2) is 0 Å². The molecular formula is C14H15ClO2. The molecule has 1 aliphatic carbocycles. The fourth-order valence-electron chi connectivity index (χ4n) is 3.18. The van der Waals surface area contributed by atoms with Gasteiger partial charge in [0.2, 0.25) is 0 Å². The monoisotopic (exact) mass is 250 g/mol. The molecule has 1 heterocycles. The molecule has 1 atom stereocenters. The predicted molar refractivity (Wildman–Crippen MR) is 66.7 cm³/mol. The van der Waals surface area contributed by atoms with Crippen LogP contribution in [0, 0.1) is 0 Å². The SMILES string of the molecule is O=C1CCCC2(CCOc3c(Cl)cccc32)C1. The molecule has 3 rings (SSSR count). The van der Waals surface area contributed by atoms with Crippen molar-refractivity contribution in [3.8, 4) is 5.75 Å². The molecule has 1 aliphatic heterocycles. The summed E-state index contributed by atoms with van der Waals surface area (Å²) in [5.74, 6) is 1.18. The van der Waals surface area contributed by atoms with Crippen LogP contribution in [0.4, 0.5) is 0 Å². The minimum absolute atomic E-state index is 0.00613. The highest BCUT2D eigenvalue weighted by molar-refractivity contribution is 6.32. The van der Waals surface area contributed by atoms with Crippen LogP contribution in [0.1, 0.15) is 37.7 Å². The topological polar surface area (TPSA) is 26.3 Å². The molecule has 1 fully saturated rings. The van der Waals surface area contributed by atoms with E-state index in [9.17, 15) is 4.79 Å². The van der Waals surface area contributed by atoms with Crippen LogP contribution < -0.4 is 4.74 Å². The average molecular weight is 251 g/mol. The fraction of sp³-hybridized carbons (Fsp3) is 0.500. The van der Waals surface area contributed by atoms with Gasteiger partial charge in [-0.3, -0.25) is 4.79 Å². The van der Waals surface area contributed by atoms with Crippen LogP contribution in [0.3, 0.4) is 0 Å². The minimum Gasteiger partial charge on any atom is -0.492 e. The zero-order valence-corrected chi connectivity index (χ0v) is 10.4. The van der Waals surface area contributed by atoms with Crippen molar-refractivity contribution < 1.29 is 9.53 Å². The van der Waals surface area contributed by atoms with Crippen LogP contribution in [-0.4, -0.2) is 12.4 Å². The molecule has 0 aromatic heterocycles. The quantitative estimate of drug-likeness (QED) is 0.704. The Labute approximate surface area is 106 Å². The maximum Gasteiger partial charge on any atom is 0.141 e. The van der Waals surface area contributed by atoms with Crippen LogP contribution in [0.2, 0.25) is 5.02 Å². The molecule has 0 saturated heterocycles. The molecule has 1 unspecified atom stereocenters. The molecule has 0 bridgehead atoms. The fourth-order valence-corrected chi connectivity index (χ4v) is 3.41. The van der Waals surface area contributed by atoms with Crippen molar-refractivity contribution in [3.05, 3.63) is 28.8 Å². The van der Waals surface area contributed by atoms with Gasteiger partial charge < -0.3 is 4.74 Å². The Morgan fingerprint density at radius 3 is 3.00 bits per heavy atom. The van der Waals surface area contributed by atoms with Crippen molar-refractivity contribution in [1.82, 2.24) is 0 Å². The Morgan fingerprint density at radius 2 is 2.18 bits per heavy atom. The third-order valence-corrected chi connectivity index (χ3v) is 4.31. The molecule has 2 aliphatic rings. The van der Waals surface area contributed by atoms with Crippen LogP contribution in [0.15, 0.2) is 18.2 Å². The van der Waals surface area contributed by atoms with E-state index in [1.54, 1.807) is 0 Å². The van der Waals surface area contributed by atoms with E-state index in [0.29, 0.717) is 23.8 Å². The Hall–Kier alpha value is -1.02. The second-order valence-electron chi connectivity index (χ2n) is 5.06. The second-order valence-corrected chi connectivity index (χ2v) is 5.47. The van der Waals surface area contributed by atoms with Crippen molar-refractivity contribution >= 4 is 17.4 Å². The highest BCUT2D eigenvalue weighted by Gasteiger charge is 2.41. The summed E-state index contributed by atoms with van der Waals surface area (Å²) in [6, 6.07) is 5.87. The number of hydrogen-bond donors (Lipinski definition) is 0. The van der Waals surface area contributed by atoms with Gasteiger partial charge in [-0.1, -0.05) is 23.7 Å². The first-order valence-electron chi connectivity index (χ1n) is 6.15. The molecule has 3 heteroatoms. The molecule has 1 spiro atoms. The summed E-state index contributed by atoms with van der Waals surface area (Å²) in [7, 11) is 0. The van der Waals surface area contributed by atoms with Crippen LogP contribution in [-0.2, 0) is 10.2 Å². The van der Waals surface area contributed by atoms with Crippen molar-refractivity contribution in [2.24, 2.45) is 0 Å². The molecule has 1 saturated carbocycles. The van der Waals surface area contributed by atoms with Crippen molar-refractivity contribution in [2.75, 3.05) is 6.61 Å². The lowest BCUT2D eigenvalue weighted by Crippen LogP contribution is -2.38. The number of carbonyl (C=O) groups excluding carboxylic acids is 1. The molecule has 2 nitrogen and oxygen atoms in total. The van der Waals surface area contributed by atoms with Crippen molar-refractivity contribution in [3.63, 3.8) is 0 Å². The number of hydrogen-bond acceptors (Lipinski definition) is 2. The smallest absolute Gasteiger partial charge is 0.141 e. The number of fused-ring (bicyclic) bond motifs is 2. The molecule has 90 valence electrons. The summed E-state index contributed by atoms with van der Waals surface area (Å²) < 4.78 is 5.67. The standard InChI is InChI=1S/C14H15ClO2/c15-12-5-1-4-11-13(12)17-8-7-14(11)6-2-3-10(16)9-14/h1,4-5H,2-3,6-9H2. The number of rotatable bonds is 0. The normalized spacial score (nSPS) is 27.7. The predicted octanol–water partition coefficient (Wildman–Crippen LogP) is 3.50. The number of halogens is 1. The highest BCUT2D eigenvalue weighted by atomic mass is 35.5. The lowest BCUT2D eigenvalue weighted by Gasteiger charge is -2.41. The summed E-state index contributed by atoms with van der Waals surface area (Å²) in [6.07, 6.45) is 4.40. The van der Waals surface area contributed by atoms with Crippen molar-refractivity contribution in [2.45, 2.75) is 37.5 Å². The van der Waals surface area contributed by atoms with E-state index >= 15 is 0 Å². The molecular weight excluding hydrogens is 236 g/mol. The van der Waals surface area contributed by atoms with E-state index in [1.165, 1.54) is 0 Å². The van der Waals surface area contributed by atoms with E-state index in [-0.39, 0.29) is 5.41 Å². The van der Waals surface area contributed by atoms with Crippen LogP contribution in [0.5, 0.6) is 5.75 Å². The molecule has 1 aromatic rings. The maximum atomic E-state index is 11.8. The Kier molecular flexibility index (Phi) is 2.62. The van der Waals surface area contributed by atoms with Crippen LogP contribution in [0.25, 0.3) is 0 Å². The van der Waals surface area contributed by atoms with E-state index < -0.39 is 0 Å². The first-order chi connectivity index (χ1) is 8.21. The highest BCUT2D eigenvalue weighted by Crippen LogP contribution is 2.49. The Morgan fingerprint density at radius 1 is 1.29 bits per heavy atom. The summed E-state index contributed by atoms with van der Waals surface area (Å²) in [5, 5.41) is 0.666. The zero-order chi connectivity index (χ0) is 11.9. The van der Waals surface area contributed by atoms with Gasteiger partial charge in [-0.05, 0) is 25.3 Å². The first kappa shape index (κ1) is 11.1. The van der Waals surface area contributed by atoms with Gasteiger partial charge in [0.1, 0.15) is 11.5 Å². The molecule has 0 N–H and O–H groups in total. The maximum absolute atomic E-state index is 11.8. The Bertz CT molecular complexity index is 469. The largest absolute Gasteiger partial charge is 0.492 e. The number of benzene rings is 1. The molecule has 0 amide bonds. The number of ether oxygens (including phenoxy) is 1. The number of ketones is 1. The summed E-state index contributed by atoms with van der Waals surface area (Å²) in [4.78, 5) is 11.8. The molecule has 1 aromatic carbocycles. The second kappa shape index (κ2) is 4.02. The molecule has 17 heavy (non-hydrogen) atoms. The van der Waals surface area contributed by atoms with Gasteiger partial charge in [0.05, 0.1) is 11.6 Å². The summed E-state index contributed by atoms with van der Waals surface area (Å²) in [5.41, 5.74) is 1.14. The third kappa shape index (κ3) is 1.75. The van der Waals surface area contributed by atoms with E-state index in [0.717, 1.165) is 37.0 Å². The lowest BCUT2D eigenvalue weighted by molar-refractivity contribution is -0.122. The van der Waals surface area contributed by atoms with Gasteiger partial charge in [-0.2, -0.15) is 0 Å². The number of Topliss-reactive ketones (excluding diaryl/α,β-unsaturated/α-hetero) is 1. The average Bonchev–Trinajstić information content (AvgIpc) is 2.31. The lowest BCUT2D eigenvalue weighted by atomic mass is 9.66. The van der Waals surface area contributed by atoms with Crippen molar-refractivity contribution in [1.29, 1.82) is 0 Å². The van der Waals surface area contributed by atoms with E-state index in [4.69, 9.17) is 16.3 Å². The van der Waals surface area contributed by atoms with E-state index in [2.05, 4.69) is 6.07 Å². The summed E-state index contributed by atoms with van der Waals surface area (Å²) >= 11 is 6.17. The van der Waals surface area contributed by atoms with Crippen LogP contribution >= 0.6 is 11.6 Å². The van der Waals surface area contributed by atoms with Gasteiger partial charge in [0.15, 0.2) is 0 Å². The minimum atomic E-state index is -0.00613. The molecule has 0 radical (unpaired) electrons. The first-order valence-corrected chi connectivity index (χ1v) is 6.53. The Balaban J connectivity index is 2.09. The number of para-hydroxylation sites is 1. The summed E-state index contributed by atoms with van der Waals surface area (Å²) in [6.45, 7) is 0.671. The van der Waals surface area contributed by atoms with Gasteiger partial charge in [-0.15, -0.1) is 0 Å². The van der Waals surface area contributed by atoms with Gasteiger partial charge in [0.25, 0.3) is 0 Å². The zero-order valence-electron chi connectivity index (χ0n) is 9.67. The van der Waals surface area contributed by atoms with Gasteiger partial charge >= 0.3 is 0 Å². The van der Waals surface area contributed by atoms with E-state index in [1.807, 2.05) is 12.1 Å².